The molecule has 0 aromatic carbocycles. The normalized spacial score (nSPS) is 26.8. The number of hydrogen-bond donors (Lipinski definition) is 6. The predicted octanol–water partition coefficient (Wildman–Crippen LogP) is -0.814. The molecule has 1 aromatic heterocycles. The molecule has 2 rings (SSSR count). The molecule has 5 atom stereocenters. The molecule has 6 N–H and O–H groups in total. The minimum absolute atomic E-state index is 0.0341. The van der Waals surface area contributed by atoms with E-state index in [-0.39, 0.29) is 12.0 Å². The molecule has 13 nitrogen and oxygen atoms in total. The number of aromatic amines is 1. The smallest absolute Gasteiger partial charge is 0.339 e. The molecule has 166 valence electrons. The number of nitrogens with zero attached hydrogens (tertiary/aromatic N) is 1. The lowest BCUT2D eigenvalue weighted by atomic mass is 10.2. The van der Waals surface area contributed by atoms with Crippen LogP contribution in [0.25, 0.3) is 0 Å². The van der Waals surface area contributed by atoms with Crippen LogP contribution in [0.4, 0.5) is 0 Å². The van der Waals surface area contributed by atoms with Gasteiger partial charge in [0.05, 0.1) is 12.7 Å². The number of aryl methyl sites for hydroxylation is 1. The quantitative estimate of drug-likeness (QED) is 0.229. The highest BCUT2D eigenvalue weighted by molar-refractivity contribution is 8.17. The van der Waals surface area contributed by atoms with Crippen molar-refractivity contribution in [1.29, 1.82) is 0 Å². The Hall–Kier alpha value is 0.270. The van der Waals surface area contributed by atoms with E-state index in [0.717, 1.165) is 4.57 Å². The monoisotopic (exact) mass is 530 g/mol. The molecule has 0 aliphatic carbocycles. The summed E-state index contributed by atoms with van der Waals surface area (Å²) in [7, 11) is 0. The molecule has 1 aliphatic rings. The number of aliphatic hydroxyl groups is 1. The zero-order chi connectivity index (χ0) is 22.2. The Morgan fingerprint density at radius 2 is 1.83 bits per heavy atom. The number of aliphatic hydroxyl groups excluding tert-OH is 1. The van der Waals surface area contributed by atoms with Crippen molar-refractivity contribution in [3.63, 3.8) is 0 Å². The molecule has 0 radical (unpaired) electrons. The Bertz CT molecular complexity index is 1020. The molecule has 1 aliphatic heterocycles. The fourth-order valence-corrected chi connectivity index (χ4v) is 9.56. The Morgan fingerprint density at radius 1 is 1.21 bits per heavy atom. The predicted molar refractivity (Wildman–Crippen MR) is 110 cm³/mol. The molecule has 19 heteroatoms. The van der Waals surface area contributed by atoms with E-state index in [2.05, 4.69) is 49.0 Å². The van der Waals surface area contributed by atoms with E-state index in [1.807, 2.05) is 0 Å². The van der Waals surface area contributed by atoms with Crippen LogP contribution < -0.4 is 11.2 Å². The zero-order valence-corrected chi connectivity index (χ0v) is 19.6. The van der Waals surface area contributed by atoms with Gasteiger partial charge in [-0.15, -0.1) is 0 Å². The summed E-state index contributed by atoms with van der Waals surface area (Å²) in [5, 5.41) is 10.1. The first-order valence-electron chi connectivity index (χ1n) is 7.52. The van der Waals surface area contributed by atoms with Crippen LogP contribution in [-0.4, -0.2) is 53.0 Å². The molecule has 2 unspecified atom stereocenters. The third-order valence-electron chi connectivity index (χ3n) is 3.48. The van der Waals surface area contributed by atoms with Gasteiger partial charge in [0.2, 0.25) is 0 Å². The molecule has 0 saturated carbocycles. The second-order valence-corrected chi connectivity index (χ2v) is 14.4. The first kappa shape index (κ1) is 25.5. The summed E-state index contributed by atoms with van der Waals surface area (Å²) in [4.78, 5) is 63.2. The summed E-state index contributed by atoms with van der Waals surface area (Å²) >= 11 is 13.3. The van der Waals surface area contributed by atoms with Gasteiger partial charge < -0.3 is 33.9 Å². The maximum absolute atomic E-state index is 11.9. The van der Waals surface area contributed by atoms with Gasteiger partial charge in [0.25, 0.3) is 5.56 Å². The lowest BCUT2D eigenvalue weighted by Gasteiger charge is -2.24. The minimum Gasteiger partial charge on any atom is -0.390 e. The minimum atomic E-state index is -4.42. The Balaban J connectivity index is 2.03. The number of ether oxygens (including phenoxy) is 1. The highest BCUT2D eigenvalue weighted by Crippen LogP contribution is 2.66. The SMILES string of the molecule is Cc1cn([C@H]2C[C@H](O)[C@@H](COP(O)(=S)OP(O)(=S)OP(O)(O)=S)O2)c(=O)[nH]c1=O. The summed E-state index contributed by atoms with van der Waals surface area (Å²) in [5.74, 6) is 0. The number of H-pyrrole nitrogens is 1. The molecule has 1 saturated heterocycles. The van der Waals surface area contributed by atoms with Crippen LogP contribution in [0.5, 0.6) is 0 Å². The first-order chi connectivity index (χ1) is 13.1. The summed E-state index contributed by atoms with van der Waals surface area (Å²) in [6.07, 6.45) is -1.89. The van der Waals surface area contributed by atoms with Gasteiger partial charge in [0.1, 0.15) is 12.3 Å². The van der Waals surface area contributed by atoms with Crippen LogP contribution in [0.15, 0.2) is 15.8 Å². The average Bonchev–Trinajstić information content (AvgIpc) is 2.86. The van der Waals surface area contributed by atoms with Crippen LogP contribution in [0, 0.1) is 6.92 Å². The molecular weight excluding hydrogens is 513 g/mol. The molecule has 0 bridgehead atoms. The summed E-state index contributed by atoms with van der Waals surface area (Å²) in [5.41, 5.74) is -1.04. The van der Waals surface area contributed by atoms with Crippen LogP contribution in [0.1, 0.15) is 18.2 Å². The molecule has 0 spiro atoms. The van der Waals surface area contributed by atoms with Gasteiger partial charge in [0.15, 0.2) is 0 Å². The topological polar surface area (TPSA) is 193 Å². The zero-order valence-electron chi connectivity index (χ0n) is 14.4. The summed E-state index contributed by atoms with van der Waals surface area (Å²) < 4.78 is 20.4. The van der Waals surface area contributed by atoms with E-state index < -0.39 is 56.4 Å². The van der Waals surface area contributed by atoms with Gasteiger partial charge in [-0.1, -0.05) is 0 Å². The Kier molecular flexibility index (Phi) is 8.28. The second kappa shape index (κ2) is 9.41. The van der Waals surface area contributed by atoms with Crippen molar-refractivity contribution < 1.29 is 42.6 Å². The van der Waals surface area contributed by atoms with E-state index in [9.17, 15) is 24.5 Å². The highest BCUT2D eigenvalue weighted by Gasteiger charge is 2.38. The van der Waals surface area contributed by atoms with Crippen molar-refractivity contribution in [2.75, 3.05) is 6.61 Å². The van der Waals surface area contributed by atoms with Crippen LogP contribution >= 0.6 is 20.2 Å². The van der Waals surface area contributed by atoms with E-state index in [0.29, 0.717) is 0 Å². The van der Waals surface area contributed by atoms with E-state index >= 15 is 0 Å². The molecule has 1 aromatic rings. The molecular formula is C10H17N2O11P3S3. The van der Waals surface area contributed by atoms with Crippen molar-refractivity contribution in [2.24, 2.45) is 0 Å². The maximum atomic E-state index is 11.9. The summed E-state index contributed by atoms with van der Waals surface area (Å²) in [6, 6.07) is 0. The van der Waals surface area contributed by atoms with Crippen LogP contribution in [0.2, 0.25) is 0 Å². The Labute approximate surface area is 178 Å². The number of hydrogen-bond acceptors (Lipinski definition) is 10. The molecule has 0 amide bonds. The number of rotatable bonds is 8. The number of nitrogens with one attached hydrogen (secondary N) is 1. The lowest BCUT2D eigenvalue weighted by Crippen LogP contribution is -2.33. The maximum Gasteiger partial charge on any atom is 0.339 e. The van der Waals surface area contributed by atoms with Crippen molar-refractivity contribution in [2.45, 2.75) is 31.8 Å². The molecule has 2 heterocycles. The van der Waals surface area contributed by atoms with E-state index in [1.165, 1.54) is 13.1 Å². The number of aromatic nitrogens is 2. The highest BCUT2D eigenvalue weighted by atomic mass is 32.5. The summed E-state index contributed by atoms with van der Waals surface area (Å²) in [6.45, 7) is -12.1. The molecule has 29 heavy (non-hydrogen) atoms. The van der Waals surface area contributed by atoms with Gasteiger partial charge in [-0.25, -0.2) is 13.4 Å². The van der Waals surface area contributed by atoms with Gasteiger partial charge >= 0.3 is 25.8 Å². The molecule has 1 fully saturated rings. The average molecular weight is 530 g/mol. The van der Waals surface area contributed by atoms with E-state index in [4.69, 9.17) is 19.0 Å². The van der Waals surface area contributed by atoms with Crippen molar-refractivity contribution in [3.8, 4) is 0 Å². The third-order valence-corrected chi connectivity index (χ3v) is 10.00. The van der Waals surface area contributed by atoms with Crippen molar-refractivity contribution in [1.82, 2.24) is 9.55 Å². The Morgan fingerprint density at radius 3 is 2.41 bits per heavy atom. The fourth-order valence-electron chi connectivity index (χ4n) is 2.31. The van der Waals surface area contributed by atoms with E-state index in [1.54, 1.807) is 0 Å². The van der Waals surface area contributed by atoms with Gasteiger partial charge in [-0.3, -0.25) is 14.3 Å². The van der Waals surface area contributed by atoms with Crippen LogP contribution in [0.3, 0.4) is 0 Å². The largest absolute Gasteiger partial charge is 0.390 e. The first-order valence-corrected chi connectivity index (χ1v) is 15.3. The van der Waals surface area contributed by atoms with Gasteiger partial charge in [-0.05, 0) is 42.3 Å². The third kappa shape index (κ3) is 7.72. The second-order valence-electron chi connectivity index (χ2n) is 5.80. The van der Waals surface area contributed by atoms with Crippen molar-refractivity contribution in [3.05, 3.63) is 32.6 Å². The van der Waals surface area contributed by atoms with Crippen LogP contribution in [-0.2, 0) is 53.3 Å². The lowest BCUT2D eigenvalue weighted by molar-refractivity contribution is -0.0426. The fraction of sp³-hybridized carbons (Fsp3) is 0.600. The standard InChI is InChI=1S/C10H17N2O11P3S3/c1-5-3-12(10(15)11-9(5)14)8-2-6(13)7(21-8)4-20-25(18,28)23-26(19,29)22-24(16,17)27/h3,6-8,13H,2,4H2,1H3,(H,18,28)(H,19,29)(H,11,14,15)(H2,16,17,27)/t6-,7+,8+,25?,26?/m0/s1. The van der Waals surface area contributed by atoms with Gasteiger partial charge in [-0.2, -0.15) is 0 Å². The van der Waals surface area contributed by atoms with Crippen molar-refractivity contribution >= 4 is 55.6 Å². The van der Waals surface area contributed by atoms with Gasteiger partial charge in [0, 0.05) is 18.2 Å².